The number of hydrogen-bond acceptors (Lipinski definition) is 5. The van der Waals surface area contributed by atoms with Crippen molar-refractivity contribution >= 4 is 23.3 Å². The van der Waals surface area contributed by atoms with E-state index < -0.39 is 0 Å². The first-order chi connectivity index (χ1) is 10.6. The van der Waals surface area contributed by atoms with Gasteiger partial charge in [-0.2, -0.15) is 0 Å². The second kappa shape index (κ2) is 6.11. The van der Waals surface area contributed by atoms with Gasteiger partial charge in [-0.15, -0.1) is 16.4 Å². The maximum Gasteiger partial charge on any atom is 0.322 e. The fourth-order valence-electron chi connectivity index (χ4n) is 2.03. The molecule has 0 aliphatic heterocycles. The van der Waals surface area contributed by atoms with Crippen LogP contribution in [0, 0.1) is 13.8 Å². The van der Waals surface area contributed by atoms with Gasteiger partial charge in [0.1, 0.15) is 0 Å². The number of carbonyl (C=O) groups excluding carboxylic acids is 1. The highest BCUT2D eigenvalue weighted by atomic mass is 32.1. The Kier molecular flexibility index (Phi) is 4.02. The van der Waals surface area contributed by atoms with Crippen LogP contribution < -0.4 is 5.32 Å². The Hall–Kier alpha value is -2.47. The molecule has 5 nitrogen and oxygen atoms in total. The minimum absolute atomic E-state index is 0.122. The number of rotatable bonds is 4. The molecular weight excluding hydrogens is 298 g/mol. The zero-order valence-electron chi connectivity index (χ0n) is 12.3. The molecule has 2 aromatic heterocycles. The number of aryl methyl sites for hydroxylation is 2. The average molecular weight is 313 g/mol. The number of anilines is 1. The topological polar surface area (TPSA) is 68.0 Å². The van der Waals surface area contributed by atoms with Crippen molar-refractivity contribution in [3.8, 4) is 0 Å². The zero-order chi connectivity index (χ0) is 15.5. The molecule has 0 unspecified atom stereocenters. The van der Waals surface area contributed by atoms with Crippen LogP contribution in [-0.2, 0) is 6.42 Å². The molecule has 0 saturated carbocycles. The number of nitrogens with zero attached hydrogens (tertiary/aromatic N) is 2. The molecule has 0 aliphatic carbocycles. The molecule has 0 bridgehead atoms. The summed E-state index contributed by atoms with van der Waals surface area (Å²) in [7, 11) is 0. The standard InChI is InChI=1S/C16H15N3O2S/c1-10-5-6-12(8-11(10)2)9-14-18-19-16(21-14)17-15(20)13-4-3-7-22-13/h3-8H,9H2,1-2H3,(H,17,19,20). The van der Waals surface area contributed by atoms with E-state index in [4.69, 9.17) is 4.42 Å². The van der Waals surface area contributed by atoms with Crippen LogP contribution in [0.1, 0.15) is 32.3 Å². The zero-order valence-corrected chi connectivity index (χ0v) is 13.1. The Morgan fingerprint density at radius 1 is 1.23 bits per heavy atom. The van der Waals surface area contributed by atoms with E-state index in [1.165, 1.54) is 22.5 Å². The van der Waals surface area contributed by atoms with Gasteiger partial charge in [0.2, 0.25) is 5.89 Å². The van der Waals surface area contributed by atoms with Crippen molar-refractivity contribution in [2.24, 2.45) is 0 Å². The van der Waals surface area contributed by atoms with E-state index in [-0.39, 0.29) is 11.9 Å². The van der Waals surface area contributed by atoms with Crippen LogP contribution >= 0.6 is 11.3 Å². The van der Waals surface area contributed by atoms with Gasteiger partial charge >= 0.3 is 6.01 Å². The van der Waals surface area contributed by atoms with Gasteiger partial charge in [-0.1, -0.05) is 29.4 Å². The van der Waals surface area contributed by atoms with Gasteiger partial charge in [-0.25, -0.2) is 0 Å². The van der Waals surface area contributed by atoms with E-state index >= 15 is 0 Å². The molecule has 0 aliphatic rings. The summed E-state index contributed by atoms with van der Waals surface area (Å²) < 4.78 is 5.48. The first kappa shape index (κ1) is 14.5. The first-order valence-corrected chi connectivity index (χ1v) is 7.73. The van der Waals surface area contributed by atoms with Crippen LogP contribution in [0.15, 0.2) is 40.1 Å². The highest BCUT2D eigenvalue weighted by molar-refractivity contribution is 7.12. The molecule has 3 rings (SSSR count). The fraction of sp³-hybridized carbons (Fsp3) is 0.188. The predicted molar refractivity (Wildman–Crippen MR) is 85.3 cm³/mol. The summed E-state index contributed by atoms with van der Waals surface area (Å²) >= 11 is 1.36. The molecular formula is C16H15N3O2S. The summed E-state index contributed by atoms with van der Waals surface area (Å²) in [6.07, 6.45) is 0.545. The average Bonchev–Trinajstić information content (AvgIpc) is 3.15. The lowest BCUT2D eigenvalue weighted by atomic mass is 10.0. The predicted octanol–water partition coefficient (Wildman–Crippen LogP) is 3.59. The summed E-state index contributed by atoms with van der Waals surface area (Å²) in [5.41, 5.74) is 3.57. The third-order valence-electron chi connectivity index (χ3n) is 3.36. The molecule has 112 valence electrons. The number of nitrogens with one attached hydrogen (secondary N) is 1. The van der Waals surface area contributed by atoms with Gasteiger partial charge in [-0.05, 0) is 42.0 Å². The molecule has 0 saturated heterocycles. The van der Waals surface area contributed by atoms with Crippen LogP contribution in [0.2, 0.25) is 0 Å². The van der Waals surface area contributed by atoms with Crippen molar-refractivity contribution in [2.45, 2.75) is 20.3 Å². The molecule has 1 amide bonds. The molecule has 0 radical (unpaired) electrons. The van der Waals surface area contributed by atoms with E-state index in [9.17, 15) is 4.79 Å². The van der Waals surface area contributed by atoms with E-state index in [0.29, 0.717) is 17.2 Å². The monoisotopic (exact) mass is 313 g/mol. The summed E-state index contributed by atoms with van der Waals surface area (Å²) in [5.74, 6) is 0.237. The molecule has 0 spiro atoms. The lowest BCUT2D eigenvalue weighted by Crippen LogP contribution is -2.10. The first-order valence-electron chi connectivity index (χ1n) is 6.85. The van der Waals surface area contributed by atoms with E-state index in [1.54, 1.807) is 6.07 Å². The van der Waals surface area contributed by atoms with Gasteiger partial charge in [0.25, 0.3) is 5.91 Å². The van der Waals surface area contributed by atoms with Crippen molar-refractivity contribution in [1.82, 2.24) is 10.2 Å². The largest absolute Gasteiger partial charge is 0.407 e. The summed E-state index contributed by atoms with van der Waals surface area (Å²) in [6.45, 7) is 4.14. The van der Waals surface area contributed by atoms with Gasteiger partial charge in [0.05, 0.1) is 11.3 Å². The maximum atomic E-state index is 11.9. The van der Waals surface area contributed by atoms with Crippen molar-refractivity contribution in [3.05, 3.63) is 63.2 Å². The van der Waals surface area contributed by atoms with Crippen molar-refractivity contribution in [2.75, 3.05) is 5.32 Å². The lowest BCUT2D eigenvalue weighted by molar-refractivity contribution is 0.102. The minimum atomic E-state index is -0.239. The molecule has 2 heterocycles. The summed E-state index contributed by atoms with van der Waals surface area (Å²) in [6, 6.07) is 9.89. The molecule has 0 atom stereocenters. The third kappa shape index (κ3) is 3.23. The highest BCUT2D eigenvalue weighted by Gasteiger charge is 2.12. The molecule has 0 fully saturated rings. The molecule has 3 aromatic rings. The van der Waals surface area contributed by atoms with Crippen LogP contribution in [0.3, 0.4) is 0 Å². The van der Waals surface area contributed by atoms with E-state index in [1.807, 2.05) is 17.5 Å². The smallest absolute Gasteiger partial charge is 0.322 e. The van der Waals surface area contributed by atoms with E-state index in [0.717, 1.165) is 5.56 Å². The number of amides is 1. The number of carbonyl (C=O) groups is 1. The summed E-state index contributed by atoms with van der Waals surface area (Å²) in [5, 5.41) is 12.3. The molecule has 22 heavy (non-hydrogen) atoms. The fourth-order valence-corrected chi connectivity index (χ4v) is 2.65. The minimum Gasteiger partial charge on any atom is -0.407 e. The maximum absolute atomic E-state index is 11.9. The van der Waals surface area contributed by atoms with Gasteiger partial charge in [0.15, 0.2) is 0 Å². The van der Waals surface area contributed by atoms with Gasteiger partial charge in [0, 0.05) is 0 Å². The Balaban J connectivity index is 1.68. The van der Waals surface area contributed by atoms with Crippen LogP contribution in [0.4, 0.5) is 6.01 Å². The second-order valence-corrected chi connectivity index (χ2v) is 5.98. The van der Waals surface area contributed by atoms with Crippen molar-refractivity contribution < 1.29 is 9.21 Å². The number of aromatic nitrogens is 2. The van der Waals surface area contributed by atoms with Crippen LogP contribution in [-0.4, -0.2) is 16.1 Å². The SMILES string of the molecule is Cc1ccc(Cc2nnc(NC(=O)c3cccs3)o2)cc1C. The number of hydrogen-bond donors (Lipinski definition) is 1. The molecule has 1 aromatic carbocycles. The Labute approximate surface area is 132 Å². The highest BCUT2D eigenvalue weighted by Crippen LogP contribution is 2.16. The molecule has 1 N–H and O–H groups in total. The Morgan fingerprint density at radius 2 is 2.09 bits per heavy atom. The van der Waals surface area contributed by atoms with Crippen molar-refractivity contribution in [3.63, 3.8) is 0 Å². The number of thiophene rings is 1. The third-order valence-corrected chi connectivity index (χ3v) is 4.23. The van der Waals surface area contributed by atoms with Gasteiger partial charge in [-0.3, -0.25) is 10.1 Å². The Morgan fingerprint density at radius 3 is 2.82 bits per heavy atom. The Bertz CT molecular complexity index is 794. The quantitative estimate of drug-likeness (QED) is 0.799. The number of benzene rings is 1. The molecule has 6 heteroatoms. The normalized spacial score (nSPS) is 10.6. The lowest BCUT2D eigenvalue weighted by Gasteiger charge is -2.02. The summed E-state index contributed by atoms with van der Waals surface area (Å²) in [4.78, 5) is 12.5. The van der Waals surface area contributed by atoms with Crippen LogP contribution in [0.5, 0.6) is 0 Å². The van der Waals surface area contributed by atoms with Crippen LogP contribution in [0.25, 0.3) is 0 Å². The second-order valence-electron chi connectivity index (χ2n) is 5.03. The van der Waals surface area contributed by atoms with Crippen molar-refractivity contribution in [1.29, 1.82) is 0 Å². The van der Waals surface area contributed by atoms with E-state index in [2.05, 4.69) is 41.5 Å². The van der Waals surface area contributed by atoms with Gasteiger partial charge < -0.3 is 4.42 Å².